The van der Waals surface area contributed by atoms with E-state index in [-0.39, 0.29) is 5.69 Å². The van der Waals surface area contributed by atoms with Crippen LogP contribution in [0.5, 0.6) is 0 Å². The molecule has 1 unspecified atom stereocenters. The lowest BCUT2D eigenvalue weighted by Gasteiger charge is -2.13. The Kier molecular flexibility index (Phi) is 6.52. The first-order chi connectivity index (χ1) is 11.9. The Hall–Kier alpha value is -2.41. The first-order valence-corrected chi connectivity index (χ1v) is 8.50. The van der Waals surface area contributed by atoms with Crippen molar-refractivity contribution in [2.75, 3.05) is 12.4 Å². The van der Waals surface area contributed by atoms with E-state index >= 15 is 0 Å². The molecule has 1 N–H and O–H groups in total. The number of carbonyl (C=O) groups excluding carboxylic acids is 2. The summed E-state index contributed by atoms with van der Waals surface area (Å²) in [5.41, 5.74) is 1.09. The van der Waals surface area contributed by atoms with Crippen LogP contribution in [0.15, 0.2) is 42.5 Å². The van der Waals surface area contributed by atoms with Crippen molar-refractivity contribution in [3.8, 4) is 0 Å². The zero-order valence-corrected chi connectivity index (χ0v) is 14.5. The average Bonchev–Trinajstić information content (AvgIpc) is 2.62. The van der Waals surface area contributed by atoms with Gasteiger partial charge in [-0.05, 0) is 36.8 Å². The highest BCUT2D eigenvalue weighted by Crippen LogP contribution is 2.21. The minimum atomic E-state index is -0.697. The summed E-state index contributed by atoms with van der Waals surface area (Å²) >= 11 is 1.31. The van der Waals surface area contributed by atoms with Crippen LogP contribution in [0.4, 0.5) is 14.5 Å². The molecule has 0 aromatic heterocycles. The van der Waals surface area contributed by atoms with Crippen LogP contribution in [0.25, 0.3) is 0 Å². The molecule has 132 valence electrons. The van der Waals surface area contributed by atoms with Crippen molar-refractivity contribution in [3.05, 3.63) is 65.2 Å². The number of hydrogen-bond acceptors (Lipinski definition) is 4. The molecule has 2 aromatic rings. The SMILES string of the molecule is COC(=O)c1cccc(CSC(C)C(=O)Nc2cc(F)ccc2F)c1. The van der Waals surface area contributed by atoms with E-state index in [1.54, 1.807) is 25.1 Å². The van der Waals surface area contributed by atoms with Gasteiger partial charge in [-0.15, -0.1) is 11.8 Å². The van der Waals surface area contributed by atoms with Gasteiger partial charge in [0, 0.05) is 11.8 Å². The van der Waals surface area contributed by atoms with Gasteiger partial charge < -0.3 is 10.1 Å². The van der Waals surface area contributed by atoms with Crippen LogP contribution in [0.3, 0.4) is 0 Å². The molecular weight excluding hydrogens is 348 g/mol. The second-order valence-corrected chi connectivity index (χ2v) is 6.59. The van der Waals surface area contributed by atoms with Gasteiger partial charge in [0.2, 0.25) is 5.91 Å². The molecule has 4 nitrogen and oxygen atoms in total. The second kappa shape index (κ2) is 8.62. The summed E-state index contributed by atoms with van der Waals surface area (Å²) in [4.78, 5) is 23.6. The second-order valence-electron chi connectivity index (χ2n) is 5.26. The number of nitrogens with one attached hydrogen (secondary N) is 1. The van der Waals surface area contributed by atoms with Gasteiger partial charge in [-0.2, -0.15) is 0 Å². The Morgan fingerprint density at radius 1 is 1.20 bits per heavy atom. The summed E-state index contributed by atoms with van der Waals surface area (Å²) in [6, 6.07) is 9.77. The van der Waals surface area contributed by atoms with Gasteiger partial charge in [0.05, 0.1) is 23.6 Å². The zero-order chi connectivity index (χ0) is 18.4. The molecular formula is C18H17F2NO3S. The lowest BCUT2D eigenvalue weighted by Crippen LogP contribution is -2.23. The highest BCUT2D eigenvalue weighted by Gasteiger charge is 2.16. The smallest absolute Gasteiger partial charge is 0.337 e. The first-order valence-electron chi connectivity index (χ1n) is 7.45. The number of halogens is 2. The molecule has 1 atom stereocenters. The highest BCUT2D eigenvalue weighted by molar-refractivity contribution is 7.99. The Balaban J connectivity index is 1.95. The van der Waals surface area contributed by atoms with Gasteiger partial charge in [-0.1, -0.05) is 12.1 Å². The van der Waals surface area contributed by atoms with Gasteiger partial charge in [0.15, 0.2) is 0 Å². The van der Waals surface area contributed by atoms with E-state index in [0.29, 0.717) is 11.3 Å². The Labute approximate surface area is 148 Å². The van der Waals surface area contributed by atoms with E-state index in [1.165, 1.54) is 18.9 Å². The molecule has 0 radical (unpaired) electrons. The van der Waals surface area contributed by atoms with Crippen LogP contribution in [0.2, 0.25) is 0 Å². The number of anilines is 1. The molecule has 25 heavy (non-hydrogen) atoms. The molecule has 2 aromatic carbocycles. The third-order valence-electron chi connectivity index (χ3n) is 3.40. The topological polar surface area (TPSA) is 55.4 Å². The molecule has 0 aliphatic rings. The molecule has 0 saturated carbocycles. The summed E-state index contributed by atoms with van der Waals surface area (Å²) in [7, 11) is 1.31. The van der Waals surface area contributed by atoms with E-state index in [2.05, 4.69) is 10.1 Å². The summed E-state index contributed by atoms with van der Waals surface area (Å²) in [5, 5.41) is 1.88. The Bertz CT molecular complexity index is 783. The predicted molar refractivity (Wildman–Crippen MR) is 93.5 cm³/mol. The summed E-state index contributed by atoms with van der Waals surface area (Å²) in [6.07, 6.45) is 0. The third kappa shape index (κ3) is 5.29. The monoisotopic (exact) mass is 365 g/mol. The fraction of sp³-hybridized carbons (Fsp3) is 0.222. The number of methoxy groups -OCH3 is 1. The van der Waals surface area contributed by atoms with Gasteiger partial charge in [-0.25, -0.2) is 13.6 Å². The van der Waals surface area contributed by atoms with Crippen LogP contribution >= 0.6 is 11.8 Å². The molecule has 0 aliphatic carbocycles. The fourth-order valence-electron chi connectivity index (χ4n) is 2.03. The maximum absolute atomic E-state index is 13.6. The fourth-order valence-corrected chi connectivity index (χ4v) is 2.86. The quantitative estimate of drug-likeness (QED) is 0.786. The van der Waals surface area contributed by atoms with Crippen molar-refractivity contribution in [1.29, 1.82) is 0 Å². The summed E-state index contributed by atoms with van der Waals surface area (Å²) < 4.78 is 31.4. The maximum atomic E-state index is 13.6. The standard InChI is InChI=1S/C18H17F2NO3S/c1-11(17(22)21-16-9-14(19)6-7-15(16)20)25-10-12-4-3-5-13(8-12)18(23)24-2/h3-9,11H,10H2,1-2H3,(H,21,22). The van der Waals surface area contributed by atoms with Gasteiger partial charge in [0.1, 0.15) is 11.6 Å². The van der Waals surface area contributed by atoms with Gasteiger partial charge in [-0.3, -0.25) is 4.79 Å². The van der Waals surface area contributed by atoms with Crippen molar-refractivity contribution in [2.24, 2.45) is 0 Å². The molecule has 0 spiro atoms. The average molecular weight is 365 g/mol. The molecule has 1 amide bonds. The number of carbonyl (C=O) groups is 2. The Morgan fingerprint density at radius 2 is 1.96 bits per heavy atom. The third-order valence-corrected chi connectivity index (χ3v) is 4.62. The molecule has 0 saturated heterocycles. The molecule has 2 rings (SSSR count). The maximum Gasteiger partial charge on any atom is 0.337 e. The zero-order valence-electron chi connectivity index (χ0n) is 13.7. The molecule has 0 fully saturated rings. The summed E-state index contributed by atoms with van der Waals surface area (Å²) in [5.74, 6) is -1.71. The van der Waals surface area contributed by atoms with Crippen LogP contribution in [-0.2, 0) is 15.3 Å². The number of ether oxygens (including phenoxy) is 1. The first kappa shape index (κ1) is 18.9. The van der Waals surface area contributed by atoms with E-state index in [1.807, 2.05) is 6.07 Å². The number of thioether (sulfide) groups is 1. The predicted octanol–water partition coefficient (Wildman–Crippen LogP) is 4.01. The van der Waals surface area contributed by atoms with Crippen molar-refractivity contribution in [3.63, 3.8) is 0 Å². The summed E-state index contributed by atoms with van der Waals surface area (Å²) in [6.45, 7) is 1.67. The molecule has 0 heterocycles. The van der Waals surface area contributed by atoms with E-state index < -0.39 is 28.8 Å². The number of esters is 1. The van der Waals surface area contributed by atoms with Crippen molar-refractivity contribution in [2.45, 2.75) is 17.9 Å². The molecule has 7 heteroatoms. The molecule has 0 bridgehead atoms. The van der Waals surface area contributed by atoms with Gasteiger partial charge >= 0.3 is 5.97 Å². The largest absolute Gasteiger partial charge is 0.465 e. The number of rotatable bonds is 6. The Morgan fingerprint density at radius 3 is 2.68 bits per heavy atom. The van der Waals surface area contributed by atoms with Crippen LogP contribution < -0.4 is 5.32 Å². The number of hydrogen-bond donors (Lipinski definition) is 1. The van der Waals surface area contributed by atoms with Crippen LogP contribution in [-0.4, -0.2) is 24.2 Å². The van der Waals surface area contributed by atoms with Crippen molar-refractivity contribution in [1.82, 2.24) is 0 Å². The minimum absolute atomic E-state index is 0.190. The van der Waals surface area contributed by atoms with E-state index in [0.717, 1.165) is 23.8 Å². The normalized spacial score (nSPS) is 11.7. The van der Waals surface area contributed by atoms with Crippen molar-refractivity contribution >= 4 is 29.3 Å². The highest BCUT2D eigenvalue weighted by atomic mass is 32.2. The van der Waals surface area contributed by atoms with Crippen LogP contribution in [0, 0.1) is 11.6 Å². The lowest BCUT2D eigenvalue weighted by atomic mass is 10.1. The lowest BCUT2D eigenvalue weighted by molar-refractivity contribution is -0.115. The molecule has 0 aliphatic heterocycles. The minimum Gasteiger partial charge on any atom is -0.465 e. The van der Waals surface area contributed by atoms with E-state index in [4.69, 9.17) is 0 Å². The van der Waals surface area contributed by atoms with Crippen molar-refractivity contribution < 1.29 is 23.1 Å². The number of amides is 1. The van der Waals surface area contributed by atoms with E-state index in [9.17, 15) is 18.4 Å². The number of benzene rings is 2. The van der Waals surface area contributed by atoms with Gasteiger partial charge in [0.25, 0.3) is 0 Å². The van der Waals surface area contributed by atoms with Crippen LogP contribution in [0.1, 0.15) is 22.8 Å².